The van der Waals surface area contributed by atoms with Gasteiger partial charge in [-0.25, -0.2) is 0 Å². The van der Waals surface area contributed by atoms with Crippen LogP contribution >= 0.6 is 24.0 Å². The predicted molar refractivity (Wildman–Crippen MR) is 106 cm³/mol. The molecule has 0 unspecified atom stereocenters. The summed E-state index contributed by atoms with van der Waals surface area (Å²) >= 11 is 6.15. The third-order valence-electron chi connectivity index (χ3n) is 4.65. The quantitative estimate of drug-likeness (QED) is 0.764. The van der Waals surface area contributed by atoms with E-state index in [1.807, 2.05) is 18.2 Å². The number of hydrogen-bond donors (Lipinski definition) is 2. The number of carbonyl (C=O) groups excluding carboxylic acids is 1. The summed E-state index contributed by atoms with van der Waals surface area (Å²) in [6, 6.07) is 12.7. The number of amides is 1. The lowest BCUT2D eigenvalue weighted by Gasteiger charge is -2.36. The number of methoxy groups -OCH3 is 1. The van der Waals surface area contributed by atoms with Crippen LogP contribution in [-0.4, -0.2) is 26.2 Å². The van der Waals surface area contributed by atoms with Crippen molar-refractivity contribution in [2.24, 2.45) is 0 Å². The molecule has 0 bridgehead atoms. The molecule has 0 atom stereocenters. The lowest BCUT2D eigenvalue weighted by Crippen LogP contribution is -2.44. The smallest absolute Gasteiger partial charge is 0.235 e. The number of rotatable bonds is 4. The molecule has 0 aromatic heterocycles. The topological polar surface area (TPSA) is 73.6 Å². The molecule has 0 radical (unpaired) electrons. The van der Waals surface area contributed by atoms with Gasteiger partial charge in [-0.2, -0.15) is 0 Å². The molecule has 7 heteroatoms. The molecule has 3 rings (SSSR count). The lowest BCUT2D eigenvalue weighted by atomic mass is 9.73. The van der Waals surface area contributed by atoms with Gasteiger partial charge in [0, 0.05) is 23.9 Å². The average Bonchev–Trinajstić information content (AvgIpc) is 2.62. The van der Waals surface area contributed by atoms with Gasteiger partial charge in [-0.1, -0.05) is 23.7 Å². The number of hydrogen-bond acceptors (Lipinski definition) is 4. The molecular weight excluding hydrogens is 375 g/mol. The van der Waals surface area contributed by atoms with Crippen molar-refractivity contribution in [2.75, 3.05) is 31.4 Å². The Morgan fingerprint density at radius 1 is 1.23 bits per heavy atom. The third kappa shape index (κ3) is 4.06. The number of nitrogen functional groups attached to an aromatic ring is 1. The molecule has 1 heterocycles. The van der Waals surface area contributed by atoms with Gasteiger partial charge in [0.05, 0.1) is 18.2 Å². The van der Waals surface area contributed by atoms with E-state index in [-0.39, 0.29) is 18.3 Å². The van der Waals surface area contributed by atoms with E-state index in [4.69, 9.17) is 26.8 Å². The highest BCUT2D eigenvalue weighted by Crippen LogP contribution is 2.37. The molecule has 3 N–H and O–H groups in total. The first-order valence-corrected chi connectivity index (χ1v) is 8.52. The van der Waals surface area contributed by atoms with Crippen LogP contribution in [0.5, 0.6) is 5.75 Å². The maximum absolute atomic E-state index is 13.2. The van der Waals surface area contributed by atoms with E-state index in [1.165, 1.54) is 0 Å². The van der Waals surface area contributed by atoms with Gasteiger partial charge in [0.25, 0.3) is 0 Å². The standard InChI is InChI=1S/C19H21ClN2O3.ClH/c1-24-17-6-5-15(12-16(17)21)22-18(23)19(7-9-25-10-8-19)13-3-2-4-14(20)11-13;/h2-6,11-12H,7-10,21H2,1H3,(H,22,23);1H. The zero-order chi connectivity index (χ0) is 17.9. The number of benzene rings is 2. The Morgan fingerprint density at radius 2 is 1.96 bits per heavy atom. The Morgan fingerprint density at radius 3 is 2.58 bits per heavy atom. The van der Waals surface area contributed by atoms with Crippen LogP contribution in [0.2, 0.25) is 5.02 Å². The molecule has 1 aliphatic rings. The van der Waals surface area contributed by atoms with Crippen LogP contribution in [0.25, 0.3) is 0 Å². The highest BCUT2D eigenvalue weighted by molar-refractivity contribution is 6.30. The summed E-state index contributed by atoms with van der Waals surface area (Å²) in [5.74, 6) is 0.497. The lowest BCUT2D eigenvalue weighted by molar-refractivity contribution is -0.125. The monoisotopic (exact) mass is 396 g/mol. The number of ether oxygens (including phenoxy) is 2. The van der Waals surface area contributed by atoms with E-state index in [9.17, 15) is 4.79 Å². The van der Waals surface area contributed by atoms with Gasteiger partial charge in [0.2, 0.25) is 5.91 Å². The van der Waals surface area contributed by atoms with Crippen molar-refractivity contribution < 1.29 is 14.3 Å². The SMILES string of the molecule is COc1ccc(NC(=O)C2(c3cccc(Cl)c3)CCOCC2)cc1N.Cl. The molecule has 1 aliphatic heterocycles. The summed E-state index contributed by atoms with van der Waals surface area (Å²) in [6.07, 6.45) is 1.20. The predicted octanol–water partition coefficient (Wildman–Crippen LogP) is 4.04. The Kier molecular flexibility index (Phi) is 6.75. The molecule has 2 aromatic carbocycles. The first-order valence-electron chi connectivity index (χ1n) is 8.14. The molecule has 1 amide bonds. The summed E-state index contributed by atoms with van der Waals surface area (Å²) in [4.78, 5) is 13.2. The second-order valence-electron chi connectivity index (χ2n) is 6.12. The summed E-state index contributed by atoms with van der Waals surface area (Å²) in [7, 11) is 1.56. The molecule has 0 spiro atoms. The minimum absolute atomic E-state index is 0. The Bertz CT molecular complexity index is 777. The fourth-order valence-corrected chi connectivity index (χ4v) is 3.41. The van der Waals surface area contributed by atoms with Crippen molar-refractivity contribution in [1.82, 2.24) is 0 Å². The van der Waals surface area contributed by atoms with Gasteiger partial charge < -0.3 is 20.5 Å². The van der Waals surface area contributed by atoms with Gasteiger partial charge in [-0.15, -0.1) is 12.4 Å². The minimum Gasteiger partial charge on any atom is -0.495 e. The maximum atomic E-state index is 13.2. The second kappa shape index (κ2) is 8.62. The molecule has 2 aromatic rings. The van der Waals surface area contributed by atoms with Crippen molar-refractivity contribution in [1.29, 1.82) is 0 Å². The number of halogens is 2. The third-order valence-corrected chi connectivity index (χ3v) is 4.88. The van der Waals surface area contributed by atoms with E-state index >= 15 is 0 Å². The summed E-state index contributed by atoms with van der Waals surface area (Å²) in [6.45, 7) is 1.06. The van der Waals surface area contributed by atoms with Crippen LogP contribution in [0.4, 0.5) is 11.4 Å². The Balaban J connectivity index is 0.00000243. The van der Waals surface area contributed by atoms with E-state index in [0.29, 0.717) is 48.2 Å². The number of anilines is 2. The minimum atomic E-state index is -0.669. The van der Waals surface area contributed by atoms with E-state index in [1.54, 1.807) is 31.4 Å². The summed E-state index contributed by atoms with van der Waals surface area (Å²) < 4.78 is 10.6. The maximum Gasteiger partial charge on any atom is 0.235 e. The fraction of sp³-hybridized carbons (Fsp3) is 0.316. The molecule has 26 heavy (non-hydrogen) atoms. The zero-order valence-electron chi connectivity index (χ0n) is 14.5. The van der Waals surface area contributed by atoms with Gasteiger partial charge in [0.15, 0.2) is 0 Å². The largest absolute Gasteiger partial charge is 0.495 e. The van der Waals surface area contributed by atoms with Crippen molar-refractivity contribution in [3.8, 4) is 5.75 Å². The van der Waals surface area contributed by atoms with Gasteiger partial charge in [0.1, 0.15) is 5.75 Å². The Hall–Kier alpha value is -1.95. The molecular formula is C19H22Cl2N2O3. The zero-order valence-corrected chi connectivity index (χ0v) is 16.0. The van der Waals surface area contributed by atoms with Crippen molar-refractivity contribution in [2.45, 2.75) is 18.3 Å². The molecule has 1 saturated heterocycles. The molecule has 5 nitrogen and oxygen atoms in total. The number of carbonyl (C=O) groups is 1. The average molecular weight is 397 g/mol. The van der Waals surface area contributed by atoms with E-state index < -0.39 is 5.41 Å². The van der Waals surface area contributed by atoms with Crippen molar-refractivity contribution in [3.63, 3.8) is 0 Å². The van der Waals surface area contributed by atoms with Crippen molar-refractivity contribution >= 4 is 41.3 Å². The fourth-order valence-electron chi connectivity index (χ4n) is 3.22. The Labute approximate surface area is 164 Å². The van der Waals surface area contributed by atoms with Crippen molar-refractivity contribution in [3.05, 3.63) is 53.1 Å². The van der Waals surface area contributed by atoms with E-state index in [0.717, 1.165) is 5.56 Å². The van der Waals surface area contributed by atoms with Gasteiger partial charge >= 0.3 is 0 Å². The van der Waals surface area contributed by atoms with Crippen LogP contribution < -0.4 is 15.8 Å². The molecule has 140 valence electrons. The van der Waals surface area contributed by atoms with Crippen LogP contribution in [0.15, 0.2) is 42.5 Å². The van der Waals surface area contributed by atoms with Crippen LogP contribution in [0, 0.1) is 0 Å². The molecule has 1 fully saturated rings. The number of nitrogens with two attached hydrogens (primary N) is 1. The first kappa shape index (κ1) is 20.4. The van der Waals surface area contributed by atoms with Gasteiger partial charge in [-0.05, 0) is 48.7 Å². The van der Waals surface area contributed by atoms with Crippen LogP contribution in [0.3, 0.4) is 0 Å². The number of nitrogens with one attached hydrogen (secondary N) is 1. The van der Waals surface area contributed by atoms with Crippen LogP contribution in [-0.2, 0) is 14.9 Å². The summed E-state index contributed by atoms with van der Waals surface area (Å²) in [5, 5.41) is 3.61. The first-order chi connectivity index (χ1) is 12.0. The highest BCUT2D eigenvalue weighted by atomic mass is 35.5. The van der Waals surface area contributed by atoms with Gasteiger partial charge in [-0.3, -0.25) is 4.79 Å². The molecule has 0 saturated carbocycles. The summed E-state index contributed by atoms with van der Waals surface area (Å²) in [5.41, 5.74) is 7.28. The highest BCUT2D eigenvalue weighted by Gasteiger charge is 2.41. The normalized spacial score (nSPS) is 15.6. The van der Waals surface area contributed by atoms with Crippen LogP contribution in [0.1, 0.15) is 18.4 Å². The van der Waals surface area contributed by atoms with E-state index in [2.05, 4.69) is 5.32 Å². The second-order valence-corrected chi connectivity index (χ2v) is 6.55. The molecule has 0 aliphatic carbocycles.